The van der Waals surface area contributed by atoms with Crippen LogP contribution in [0.5, 0.6) is 5.88 Å². The molecule has 2 heterocycles. The lowest BCUT2D eigenvalue weighted by Crippen LogP contribution is -2.11. The summed E-state index contributed by atoms with van der Waals surface area (Å²) in [4.78, 5) is 0. The van der Waals surface area contributed by atoms with Gasteiger partial charge in [-0.05, 0) is 13.0 Å². The number of methoxy groups -OCH3 is 1. The van der Waals surface area contributed by atoms with Gasteiger partial charge in [0.15, 0.2) is 0 Å². The van der Waals surface area contributed by atoms with E-state index >= 15 is 0 Å². The van der Waals surface area contributed by atoms with Crippen molar-refractivity contribution in [3.05, 3.63) is 29.7 Å². The van der Waals surface area contributed by atoms with Gasteiger partial charge < -0.3 is 9.84 Å². The van der Waals surface area contributed by atoms with Crippen LogP contribution in [0.25, 0.3) is 0 Å². The van der Waals surface area contributed by atoms with E-state index in [1.54, 1.807) is 16.8 Å². The zero-order valence-corrected chi connectivity index (χ0v) is 9.61. The molecule has 0 aliphatic carbocycles. The summed E-state index contributed by atoms with van der Waals surface area (Å²) in [5.41, 5.74) is 1.02. The Morgan fingerprint density at radius 1 is 1.41 bits per heavy atom. The van der Waals surface area contributed by atoms with Crippen LogP contribution in [-0.4, -0.2) is 37.4 Å². The Morgan fingerprint density at radius 2 is 2.24 bits per heavy atom. The Balaban J connectivity index is 2.27. The van der Waals surface area contributed by atoms with Crippen LogP contribution in [-0.2, 0) is 6.54 Å². The van der Waals surface area contributed by atoms with Gasteiger partial charge in [0, 0.05) is 12.6 Å². The molecule has 0 aliphatic heterocycles. The molecule has 17 heavy (non-hydrogen) atoms. The Hall–Kier alpha value is -2.02. The van der Waals surface area contributed by atoms with E-state index in [4.69, 9.17) is 4.74 Å². The molecule has 0 radical (unpaired) electrons. The van der Waals surface area contributed by atoms with Crippen LogP contribution in [0.2, 0.25) is 0 Å². The predicted octanol–water partition coefficient (Wildman–Crippen LogP) is 0.178. The van der Waals surface area contributed by atoms with E-state index in [1.807, 2.05) is 6.92 Å². The van der Waals surface area contributed by atoms with Crippen molar-refractivity contribution in [2.24, 2.45) is 0 Å². The predicted molar refractivity (Wildman–Crippen MR) is 58.3 cm³/mol. The molecule has 0 amide bonds. The van der Waals surface area contributed by atoms with Gasteiger partial charge in [0.2, 0.25) is 5.88 Å². The zero-order valence-electron chi connectivity index (χ0n) is 9.61. The van der Waals surface area contributed by atoms with Crippen LogP contribution < -0.4 is 4.74 Å². The minimum absolute atomic E-state index is 0.406. The largest absolute Gasteiger partial charge is 0.480 e. The maximum atomic E-state index is 10.1. The van der Waals surface area contributed by atoms with E-state index in [0.29, 0.717) is 23.8 Å². The number of aryl methyl sites for hydroxylation is 1. The molecule has 2 rings (SSSR count). The number of aromatic nitrogens is 5. The molecular weight excluding hydrogens is 222 g/mol. The highest BCUT2D eigenvalue weighted by Gasteiger charge is 2.17. The van der Waals surface area contributed by atoms with Gasteiger partial charge in [-0.15, -0.1) is 15.3 Å². The summed E-state index contributed by atoms with van der Waals surface area (Å²) in [5, 5.41) is 25.4. The van der Waals surface area contributed by atoms with E-state index in [9.17, 15) is 5.11 Å². The number of aliphatic hydroxyl groups excluding tert-OH is 1. The molecule has 0 aliphatic rings. The van der Waals surface area contributed by atoms with Crippen molar-refractivity contribution >= 4 is 0 Å². The van der Waals surface area contributed by atoms with Gasteiger partial charge in [-0.25, -0.2) is 4.68 Å². The van der Waals surface area contributed by atoms with Crippen LogP contribution in [0.4, 0.5) is 0 Å². The third kappa shape index (κ3) is 2.23. The Labute approximate surface area is 98.1 Å². The summed E-state index contributed by atoms with van der Waals surface area (Å²) in [6, 6.07) is 3.30. The Kier molecular flexibility index (Phi) is 3.29. The standard InChI is InChI=1S/C10H13N5O2/c1-3-15-8(6-11-14-15)10(16)7-4-5-9(17-2)13-12-7/h4-6,10,16H,3H2,1-2H3. The molecular formula is C10H13N5O2. The van der Waals surface area contributed by atoms with Gasteiger partial charge in [-0.2, -0.15) is 0 Å². The summed E-state index contributed by atoms with van der Waals surface area (Å²) in [5.74, 6) is 0.406. The van der Waals surface area contributed by atoms with Crippen molar-refractivity contribution in [2.75, 3.05) is 7.11 Å². The monoisotopic (exact) mass is 235 g/mol. The number of rotatable bonds is 4. The van der Waals surface area contributed by atoms with Crippen LogP contribution >= 0.6 is 0 Å². The molecule has 7 heteroatoms. The fourth-order valence-corrected chi connectivity index (χ4v) is 1.46. The summed E-state index contributed by atoms with van der Waals surface area (Å²) >= 11 is 0. The molecule has 2 aromatic rings. The number of ether oxygens (including phenoxy) is 1. The highest BCUT2D eigenvalue weighted by atomic mass is 16.5. The fourth-order valence-electron chi connectivity index (χ4n) is 1.46. The van der Waals surface area contributed by atoms with Crippen molar-refractivity contribution < 1.29 is 9.84 Å². The minimum atomic E-state index is -0.886. The number of aliphatic hydroxyl groups is 1. The first-order chi connectivity index (χ1) is 8.26. The summed E-state index contributed by atoms with van der Waals surface area (Å²) in [6.45, 7) is 2.56. The first-order valence-electron chi connectivity index (χ1n) is 5.20. The van der Waals surface area contributed by atoms with Crippen LogP contribution in [0.15, 0.2) is 18.3 Å². The molecule has 0 fully saturated rings. The van der Waals surface area contributed by atoms with Gasteiger partial charge >= 0.3 is 0 Å². The van der Waals surface area contributed by atoms with Crippen molar-refractivity contribution in [2.45, 2.75) is 19.6 Å². The molecule has 0 saturated carbocycles. The van der Waals surface area contributed by atoms with E-state index in [1.165, 1.54) is 13.3 Å². The summed E-state index contributed by atoms with van der Waals surface area (Å²) in [6.07, 6.45) is 0.628. The van der Waals surface area contributed by atoms with E-state index < -0.39 is 6.10 Å². The molecule has 0 saturated heterocycles. The molecule has 0 bridgehead atoms. The van der Waals surface area contributed by atoms with Crippen molar-refractivity contribution in [3.8, 4) is 5.88 Å². The molecule has 2 aromatic heterocycles. The normalized spacial score (nSPS) is 12.4. The highest BCUT2D eigenvalue weighted by Crippen LogP contribution is 2.19. The molecule has 0 spiro atoms. The lowest BCUT2D eigenvalue weighted by Gasteiger charge is -2.10. The quantitative estimate of drug-likeness (QED) is 0.813. The average molecular weight is 235 g/mol. The zero-order chi connectivity index (χ0) is 12.3. The SMILES string of the molecule is CCn1nncc1C(O)c1ccc(OC)nn1. The van der Waals surface area contributed by atoms with Gasteiger partial charge in [-0.3, -0.25) is 0 Å². The molecule has 1 atom stereocenters. The highest BCUT2D eigenvalue weighted by molar-refractivity contribution is 5.19. The van der Waals surface area contributed by atoms with Gasteiger partial charge in [0.1, 0.15) is 6.10 Å². The van der Waals surface area contributed by atoms with E-state index in [-0.39, 0.29) is 0 Å². The van der Waals surface area contributed by atoms with Gasteiger partial charge in [-0.1, -0.05) is 5.21 Å². The average Bonchev–Trinajstić information content (AvgIpc) is 2.86. The number of nitrogens with zero attached hydrogens (tertiary/aromatic N) is 5. The van der Waals surface area contributed by atoms with Crippen LogP contribution in [0, 0.1) is 0 Å². The molecule has 1 unspecified atom stereocenters. The van der Waals surface area contributed by atoms with Crippen molar-refractivity contribution in [3.63, 3.8) is 0 Å². The third-order valence-electron chi connectivity index (χ3n) is 2.38. The minimum Gasteiger partial charge on any atom is -0.480 e. The molecule has 7 nitrogen and oxygen atoms in total. The number of hydrogen-bond donors (Lipinski definition) is 1. The topological polar surface area (TPSA) is 86.0 Å². The Bertz CT molecular complexity index is 482. The van der Waals surface area contributed by atoms with E-state index in [2.05, 4.69) is 20.5 Å². The maximum Gasteiger partial charge on any atom is 0.233 e. The molecule has 0 aromatic carbocycles. The number of hydrogen-bond acceptors (Lipinski definition) is 6. The van der Waals surface area contributed by atoms with Gasteiger partial charge in [0.25, 0.3) is 0 Å². The van der Waals surface area contributed by atoms with E-state index in [0.717, 1.165) is 0 Å². The van der Waals surface area contributed by atoms with Crippen molar-refractivity contribution in [1.82, 2.24) is 25.2 Å². The molecule has 1 N–H and O–H groups in total. The summed E-state index contributed by atoms with van der Waals surface area (Å²) < 4.78 is 6.51. The van der Waals surface area contributed by atoms with Crippen LogP contribution in [0.1, 0.15) is 24.4 Å². The van der Waals surface area contributed by atoms with Gasteiger partial charge in [0.05, 0.1) is 24.7 Å². The lowest BCUT2D eigenvalue weighted by molar-refractivity contribution is 0.201. The van der Waals surface area contributed by atoms with Crippen molar-refractivity contribution in [1.29, 1.82) is 0 Å². The first-order valence-corrected chi connectivity index (χ1v) is 5.20. The van der Waals surface area contributed by atoms with Crippen LogP contribution in [0.3, 0.4) is 0 Å². The lowest BCUT2D eigenvalue weighted by atomic mass is 10.2. The fraction of sp³-hybridized carbons (Fsp3) is 0.400. The maximum absolute atomic E-state index is 10.1. The molecule has 90 valence electrons. The first kappa shape index (κ1) is 11.5. The second-order valence-electron chi connectivity index (χ2n) is 3.38. The third-order valence-corrected chi connectivity index (χ3v) is 2.38. The Morgan fingerprint density at radius 3 is 2.82 bits per heavy atom. The second-order valence-corrected chi connectivity index (χ2v) is 3.38. The summed E-state index contributed by atoms with van der Waals surface area (Å²) in [7, 11) is 1.51. The second kappa shape index (κ2) is 4.88. The smallest absolute Gasteiger partial charge is 0.233 e.